The summed E-state index contributed by atoms with van der Waals surface area (Å²) in [5.74, 6) is 0.941. The molecule has 6 heteroatoms. The normalized spacial score (nSPS) is 22.6. The lowest BCUT2D eigenvalue weighted by Gasteiger charge is -2.39. The minimum absolute atomic E-state index is 0.00430. The molecule has 1 unspecified atom stereocenters. The molecule has 92 valence electrons. The van der Waals surface area contributed by atoms with Crippen molar-refractivity contribution in [2.24, 2.45) is 0 Å². The third-order valence-corrected chi connectivity index (χ3v) is 2.91. The molecule has 0 bridgehead atoms. The summed E-state index contributed by atoms with van der Waals surface area (Å²) in [5, 5.41) is 10.7. The molecule has 1 aromatic carbocycles. The summed E-state index contributed by atoms with van der Waals surface area (Å²) in [7, 11) is 3.73. The van der Waals surface area contributed by atoms with E-state index in [9.17, 15) is 10.1 Å². The van der Waals surface area contributed by atoms with E-state index in [0.29, 0.717) is 18.1 Å². The minimum Gasteiger partial charge on any atom is -0.484 e. The molecule has 2 rings (SSSR count). The van der Waals surface area contributed by atoms with Crippen LogP contribution in [0.2, 0.25) is 0 Å². The van der Waals surface area contributed by atoms with E-state index in [0.717, 1.165) is 0 Å². The molecular formula is C11H14N2O4. The highest BCUT2D eigenvalue weighted by atomic mass is 16.6. The van der Waals surface area contributed by atoms with Crippen molar-refractivity contribution in [2.45, 2.75) is 12.6 Å². The van der Waals surface area contributed by atoms with Crippen molar-refractivity contribution in [1.82, 2.24) is 4.90 Å². The zero-order chi connectivity index (χ0) is 12.6. The number of hydrogen-bond acceptors (Lipinski definition) is 5. The first-order valence-electron chi connectivity index (χ1n) is 5.20. The summed E-state index contributed by atoms with van der Waals surface area (Å²) in [4.78, 5) is 12.1. The SMILES string of the molecule is CN(C)C1(C)COc2ccc([N+](=O)[O-])cc2O1. The monoisotopic (exact) mass is 238 g/mol. The molecule has 0 radical (unpaired) electrons. The van der Waals surface area contributed by atoms with Crippen LogP contribution in [0.1, 0.15) is 6.92 Å². The van der Waals surface area contributed by atoms with Crippen molar-refractivity contribution < 1.29 is 14.4 Å². The Morgan fingerprint density at radius 3 is 2.71 bits per heavy atom. The average Bonchev–Trinajstić information content (AvgIpc) is 2.27. The Bertz CT molecular complexity index is 461. The van der Waals surface area contributed by atoms with Gasteiger partial charge in [-0.2, -0.15) is 0 Å². The van der Waals surface area contributed by atoms with Crippen LogP contribution in [0.5, 0.6) is 11.5 Å². The van der Waals surface area contributed by atoms with Crippen LogP contribution in [-0.2, 0) is 0 Å². The van der Waals surface area contributed by atoms with Gasteiger partial charge in [0.15, 0.2) is 17.2 Å². The smallest absolute Gasteiger partial charge is 0.273 e. The largest absolute Gasteiger partial charge is 0.484 e. The molecule has 0 aliphatic carbocycles. The molecule has 1 aliphatic rings. The lowest BCUT2D eigenvalue weighted by atomic mass is 10.2. The number of ether oxygens (including phenoxy) is 2. The zero-order valence-electron chi connectivity index (χ0n) is 9.97. The van der Waals surface area contributed by atoms with Crippen LogP contribution < -0.4 is 9.47 Å². The van der Waals surface area contributed by atoms with Crippen molar-refractivity contribution in [3.05, 3.63) is 28.3 Å². The van der Waals surface area contributed by atoms with Gasteiger partial charge in [-0.25, -0.2) is 0 Å². The first kappa shape index (κ1) is 11.7. The van der Waals surface area contributed by atoms with Crippen molar-refractivity contribution >= 4 is 5.69 Å². The second-order valence-electron chi connectivity index (χ2n) is 4.35. The number of rotatable bonds is 2. The average molecular weight is 238 g/mol. The number of likely N-dealkylation sites (N-methyl/N-ethyl adjacent to an activating group) is 1. The van der Waals surface area contributed by atoms with E-state index in [2.05, 4.69) is 0 Å². The number of nitrogens with zero attached hydrogens (tertiary/aromatic N) is 2. The molecular weight excluding hydrogens is 224 g/mol. The molecule has 1 aromatic rings. The fraction of sp³-hybridized carbons (Fsp3) is 0.455. The van der Waals surface area contributed by atoms with Gasteiger partial charge < -0.3 is 9.47 Å². The fourth-order valence-electron chi connectivity index (χ4n) is 1.51. The molecule has 0 fully saturated rings. The molecule has 17 heavy (non-hydrogen) atoms. The van der Waals surface area contributed by atoms with E-state index in [1.54, 1.807) is 6.07 Å². The van der Waals surface area contributed by atoms with Crippen LogP contribution in [-0.4, -0.2) is 36.3 Å². The van der Waals surface area contributed by atoms with Gasteiger partial charge in [-0.1, -0.05) is 0 Å². The van der Waals surface area contributed by atoms with Gasteiger partial charge in [0.05, 0.1) is 11.0 Å². The number of hydrogen-bond donors (Lipinski definition) is 0. The maximum Gasteiger partial charge on any atom is 0.273 e. The summed E-state index contributed by atoms with van der Waals surface area (Å²) in [5.41, 5.74) is -0.613. The molecule has 0 saturated carbocycles. The predicted octanol–water partition coefficient (Wildman–Crippen LogP) is 1.64. The highest BCUT2D eigenvalue weighted by Crippen LogP contribution is 2.38. The number of fused-ring (bicyclic) bond motifs is 1. The van der Waals surface area contributed by atoms with Crippen LogP contribution in [0.3, 0.4) is 0 Å². The zero-order valence-corrected chi connectivity index (χ0v) is 9.97. The van der Waals surface area contributed by atoms with E-state index >= 15 is 0 Å². The maximum absolute atomic E-state index is 10.7. The van der Waals surface area contributed by atoms with E-state index in [-0.39, 0.29) is 5.69 Å². The van der Waals surface area contributed by atoms with E-state index in [1.807, 2.05) is 25.9 Å². The molecule has 0 amide bonds. The lowest BCUT2D eigenvalue weighted by molar-refractivity contribution is -0.385. The minimum atomic E-state index is -0.609. The third-order valence-electron chi connectivity index (χ3n) is 2.91. The predicted molar refractivity (Wildman–Crippen MR) is 61.3 cm³/mol. The molecule has 0 aromatic heterocycles. The first-order chi connectivity index (χ1) is 7.92. The highest BCUT2D eigenvalue weighted by molar-refractivity contribution is 5.49. The number of nitro groups is 1. The van der Waals surface area contributed by atoms with Crippen molar-refractivity contribution in [1.29, 1.82) is 0 Å². The Hall–Kier alpha value is -1.82. The Morgan fingerprint density at radius 2 is 2.12 bits per heavy atom. The molecule has 0 N–H and O–H groups in total. The molecule has 1 aliphatic heterocycles. The van der Waals surface area contributed by atoms with E-state index in [4.69, 9.17) is 9.47 Å². The second-order valence-corrected chi connectivity index (χ2v) is 4.35. The van der Waals surface area contributed by atoms with Crippen molar-refractivity contribution in [3.8, 4) is 11.5 Å². The van der Waals surface area contributed by atoms with Crippen molar-refractivity contribution in [2.75, 3.05) is 20.7 Å². The maximum atomic E-state index is 10.7. The third kappa shape index (κ3) is 2.03. The van der Waals surface area contributed by atoms with Gasteiger partial charge in [-0.3, -0.25) is 15.0 Å². The molecule has 1 heterocycles. The highest BCUT2D eigenvalue weighted by Gasteiger charge is 2.35. The quantitative estimate of drug-likeness (QED) is 0.579. The number of non-ortho nitro benzene ring substituents is 1. The second kappa shape index (κ2) is 3.89. The van der Waals surface area contributed by atoms with Crippen LogP contribution in [0, 0.1) is 10.1 Å². The number of benzene rings is 1. The lowest BCUT2D eigenvalue weighted by Crippen LogP contribution is -2.53. The fourth-order valence-corrected chi connectivity index (χ4v) is 1.51. The summed E-state index contributed by atoms with van der Waals surface area (Å²) in [6.45, 7) is 2.25. The molecule has 0 saturated heterocycles. The molecule has 1 atom stereocenters. The van der Waals surface area contributed by atoms with Gasteiger partial charge in [0.1, 0.15) is 6.61 Å². The summed E-state index contributed by atoms with van der Waals surface area (Å²) in [6, 6.07) is 4.35. The van der Waals surface area contributed by atoms with E-state index < -0.39 is 10.6 Å². The Balaban J connectivity index is 2.36. The van der Waals surface area contributed by atoms with Gasteiger partial charge in [-0.05, 0) is 27.1 Å². The number of nitro benzene ring substituents is 1. The van der Waals surface area contributed by atoms with Gasteiger partial charge in [0.2, 0.25) is 0 Å². The van der Waals surface area contributed by atoms with Crippen LogP contribution in [0.25, 0.3) is 0 Å². The van der Waals surface area contributed by atoms with Gasteiger partial charge in [0, 0.05) is 6.07 Å². The first-order valence-corrected chi connectivity index (χ1v) is 5.20. The van der Waals surface area contributed by atoms with Crippen molar-refractivity contribution in [3.63, 3.8) is 0 Å². The summed E-state index contributed by atoms with van der Waals surface area (Å²) >= 11 is 0. The van der Waals surface area contributed by atoms with Crippen LogP contribution >= 0.6 is 0 Å². The molecule has 6 nitrogen and oxygen atoms in total. The van der Waals surface area contributed by atoms with Gasteiger partial charge >= 0.3 is 0 Å². The van der Waals surface area contributed by atoms with Crippen LogP contribution in [0.4, 0.5) is 5.69 Å². The van der Waals surface area contributed by atoms with Gasteiger partial charge in [-0.15, -0.1) is 0 Å². The Kier molecular flexibility index (Phi) is 2.66. The van der Waals surface area contributed by atoms with E-state index in [1.165, 1.54) is 12.1 Å². The standard InChI is InChI=1S/C11H14N2O4/c1-11(12(2)3)7-16-9-5-4-8(13(14)15)6-10(9)17-11/h4-6H,7H2,1-3H3. The Morgan fingerprint density at radius 1 is 1.41 bits per heavy atom. The summed E-state index contributed by atoms with van der Waals surface area (Å²) < 4.78 is 11.3. The Labute approximate surface area is 98.9 Å². The molecule has 0 spiro atoms. The topological polar surface area (TPSA) is 64.8 Å². The summed E-state index contributed by atoms with van der Waals surface area (Å²) in [6.07, 6.45) is 0. The van der Waals surface area contributed by atoms with Crippen LogP contribution in [0.15, 0.2) is 18.2 Å². The van der Waals surface area contributed by atoms with Gasteiger partial charge in [0.25, 0.3) is 5.69 Å².